The van der Waals surface area contributed by atoms with Crippen LogP contribution in [0.1, 0.15) is 11.4 Å². The number of thioether (sulfide) groups is 1. The minimum Gasteiger partial charge on any atom is -0.482 e. The first-order valence-electron chi connectivity index (χ1n) is 7.07. The van der Waals surface area contributed by atoms with Gasteiger partial charge in [0.25, 0.3) is 0 Å². The fourth-order valence-electron chi connectivity index (χ4n) is 1.94. The zero-order valence-corrected chi connectivity index (χ0v) is 14.1. The van der Waals surface area contributed by atoms with Crippen LogP contribution in [0.25, 0.3) is 0 Å². The molecule has 0 amide bonds. The molecule has 0 aliphatic rings. The predicted octanol–water partition coefficient (Wildman–Crippen LogP) is 3.66. The number of nitrogen functional groups attached to an aromatic ring is 1. The summed E-state index contributed by atoms with van der Waals surface area (Å²) in [6.07, 6.45) is 0. The van der Waals surface area contributed by atoms with E-state index in [1.807, 2.05) is 24.3 Å². The largest absolute Gasteiger partial charge is 0.482 e. The lowest BCUT2D eigenvalue weighted by atomic mass is 10.2. The lowest BCUT2D eigenvalue weighted by Gasteiger charge is -2.07. The Bertz CT molecular complexity index is 825. The lowest BCUT2D eigenvalue weighted by molar-refractivity contribution is 0.277. The Kier molecular flexibility index (Phi) is 5.22. The fourth-order valence-corrected chi connectivity index (χ4v) is 2.89. The number of nitrogens with zero attached hydrogens (tertiary/aromatic N) is 3. The van der Waals surface area contributed by atoms with Crippen molar-refractivity contribution in [3.05, 3.63) is 70.8 Å². The third kappa shape index (κ3) is 3.98. The Balaban J connectivity index is 1.61. The van der Waals surface area contributed by atoms with Crippen molar-refractivity contribution < 1.29 is 9.13 Å². The van der Waals surface area contributed by atoms with Gasteiger partial charge >= 0.3 is 0 Å². The van der Waals surface area contributed by atoms with Crippen molar-refractivity contribution in [2.24, 2.45) is 0 Å². The Labute approximate surface area is 147 Å². The third-order valence-corrected chi connectivity index (χ3v) is 4.48. The molecular weight excluding hydrogens is 351 g/mol. The van der Waals surface area contributed by atoms with Crippen molar-refractivity contribution in [2.45, 2.75) is 17.5 Å². The molecule has 0 saturated heterocycles. The van der Waals surface area contributed by atoms with E-state index >= 15 is 0 Å². The summed E-state index contributed by atoms with van der Waals surface area (Å²) in [5.41, 5.74) is 1.09. The van der Waals surface area contributed by atoms with Crippen LogP contribution in [0.3, 0.4) is 0 Å². The quantitative estimate of drug-likeness (QED) is 0.534. The van der Waals surface area contributed by atoms with E-state index in [9.17, 15) is 4.39 Å². The molecule has 0 radical (unpaired) electrons. The average Bonchev–Trinajstić information content (AvgIpc) is 2.94. The predicted molar refractivity (Wildman–Crippen MR) is 91.9 cm³/mol. The van der Waals surface area contributed by atoms with E-state index in [0.717, 1.165) is 5.56 Å². The van der Waals surface area contributed by atoms with Crippen LogP contribution >= 0.6 is 23.4 Å². The normalized spacial score (nSPS) is 10.8. The number of ether oxygens (including phenoxy) is 1. The van der Waals surface area contributed by atoms with Crippen LogP contribution in [0.2, 0.25) is 5.02 Å². The van der Waals surface area contributed by atoms with Gasteiger partial charge in [0.05, 0.1) is 0 Å². The number of rotatable bonds is 6. The molecule has 2 aromatic carbocycles. The van der Waals surface area contributed by atoms with Gasteiger partial charge in [0, 0.05) is 10.8 Å². The van der Waals surface area contributed by atoms with Gasteiger partial charge in [-0.25, -0.2) is 9.07 Å². The molecule has 0 unspecified atom stereocenters. The summed E-state index contributed by atoms with van der Waals surface area (Å²) in [4.78, 5) is 0. The maximum absolute atomic E-state index is 13.5. The molecule has 2 N–H and O–H groups in total. The van der Waals surface area contributed by atoms with Crippen LogP contribution in [-0.2, 0) is 12.4 Å². The van der Waals surface area contributed by atoms with Crippen LogP contribution in [0, 0.1) is 5.82 Å². The highest BCUT2D eigenvalue weighted by Crippen LogP contribution is 2.22. The molecule has 24 heavy (non-hydrogen) atoms. The van der Waals surface area contributed by atoms with Crippen LogP contribution in [0.15, 0.2) is 53.7 Å². The number of aromatic nitrogens is 3. The van der Waals surface area contributed by atoms with Crippen molar-refractivity contribution in [3.63, 3.8) is 0 Å². The molecule has 124 valence electrons. The average molecular weight is 365 g/mol. The number of benzene rings is 2. The first-order chi connectivity index (χ1) is 11.6. The first kappa shape index (κ1) is 16.6. The molecule has 5 nitrogen and oxygen atoms in total. The van der Waals surface area contributed by atoms with Gasteiger partial charge in [-0.1, -0.05) is 47.6 Å². The molecule has 3 rings (SSSR count). The minimum absolute atomic E-state index is 0.0337. The van der Waals surface area contributed by atoms with Gasteiger partial charge < -0.3 is 10.6 Å². The van der Waals surface area contributed by atoms with E-state index in [2.05, 4.69) is 10.2 Å². The highest BCUT2D eigenvalue weighted by molar-refractivity contribution is 7.98. The summed E-state index contributed by atoms with van der Waals surface area (Å²) >= 11 is 7.30. The number of nitrogens with two attached hydrogens (primary N) is 1. The molecule has 0 atom stereocenters. The Morgan fingerprint density at radius 2 is 1.88 bits per heavy atom. The van der Waals surface area contributed by atoms with Crippen molar-refractivity contribution in [3.8, 4) is 5.75 Å². The van der Waals surface area contributed by atoms with Crippen LogP contribution in [0.5, 0.6) is 5.75 Å². The molecule has 0 fully saturated rings. The fraction of sp³-hybridized carbons (Fsp3) is 0.125. The molecule has 0 bridgehead atoms. The maximum Gasteiger partial charge on any atom is 0.210 e. The first-order valence-corrected chi connectivity index (χ1v) is 8.44. The zero-order valence-electron chi connectivity index (χ0n) is 12.5. The molecule has 0 aliphatic heterocycles. The summed E-state index contributed by atoms with van der Waals surface area (Å²) in [7, 11) is 0. The Morgan fingerprint density at radius 1 is 1.12 bits per heavy atom. The zero-order chi connectivity index (χ0) is 16.9. The minimum atomic E-state index is -0.432. The lowest BCUT2D eigenvalue weighted by Crippen LogP contribution is -2.16. The van der Waals surface area contributed by atoms with Crippen molar-refractivity contribution >= 4 is 23.4 Å². The number of para-hydroxylation sites is 1. The second-order valence-corrected chi connectivity index (χ2v) is 6.28. The van der Waals surface area contributed by atoms with Crippen LogP contribution in [0.4, 0.5) is 4.39 Å². The van der Waals surface area contributed by atoms with E-state index in [4.69, 9.17) is 22.2 Å². The van der Waals surface area contributed by atoms with Crippen molar-refractivity contribution in [2.75, 3.05) is 5.84 Å². The second kappa shape index (κ2) is 7.55. The summed E-state index contributed by atoms with van der Waals surface area (Å²) in [5.74, 6) is 6.78. The highest BCUT2D eigenvalue weighted by Gasteiger charge is 2.12. The molecular formula is C16H14ClFN4OS. The van der Waals surface area contributed by atoms with Crippen molar-refractivity contribution in [1.82, 2.24) is 14.9 Å². The summed E-state index contributed by atoms with van der Waals surface area (Å²) < 4.78 is 20.3. The molecule has 3 aromatic rings. The van der Waals surface area contributed by atoms with Gasteiger partial charge in [-0.05, 0) is 29.8 Å². The standard InChI is InChI=1S/C16H14ClFN4OS/c17-12-7-5-11(6-8-12)10-24-16-21-20-15(22(16)19)9-23-14-4-2-1-3-13(14)18/h1-8H,9-10,19H2. The van der Waals surface area contributed by atoms with Gasteiger partial charge in [0.1, 0.15) is 6.61 Å². The number of hydrogen-bond acceptors (Lipinski definition) is 5. The van der Waals surface area contributed by atoms with E-state index in [1.165, 1.54) is 22.5 Å². The van der Waals surface area contributed by atoms with E-state index in [1.54, 1.807) is 18.2 Å². The van der Waals surface area contributed by atoms with E-state index < -0.39 is 5.82 Å². The van der Waals surface area contributed by atoms with Crippen LogP contribution in [-0.4, -0.2) is 14.9 Å². The summed E-state index contributed by atoms with van der Waals surface area (Å²) in [6.45, 7) is 0.0337. The molecule has 1 aromatic heterocycles. The molecule has 0 spiro atoms. The summed E-state index contributed by atoms with van der Waals surface area (Å²) in [6, 6.07) is 13.7. The second-order valence-electron chi connectivity index (χ2n) is 4.90. The Morgan fingerprint density at radius 3 is 2.62 bits per heavy atom. The molecule has 1 heterocycles. The van der Waals surface area contributed by atoms with Crippen LogP contribution < -0.4 is 10.6 Å². The smallest absolute Gasteiger partial charge is 0.210 e. The van der Waals surface area contributed by atoms with Gasteiger partial charge in [0.15, 0.2) is 17.4 Å². The van der Waals surface area contributed by atoms with Gasteiger partial charge in [-0.2, -0.15) is 0 Å². The van der Waals surface area contributed by atoms with Gasteiger partial charge in [-0.3, -0.25) is 0 Å². The SMILES string of the molecule is Nn1c(COc2ccccc2F)nnc1SCc1ccc(Cl)cc1. The topological polar surface area (TPSA) is 66.0 Å². The maximum atomic E-state index is 13.5. The van der Waals surface area contributed by atoms with Gasteiger partial charge in [-0.15, -0.1) is 10.2 Å². The van der Waals surface area contributed by atoms with Crippen molar-refractivity contribution in [1.29, 1.82) is 0 Å². The molecule has 0 aliphatic carbocycles. The Hall–Kier alpha value is -2.25. The molecule has 8 heteroatoms. The van der Waals surface area contributed by atoms with Gasteiger partial charge in [0.2, 0.25) is 5.16 Å². The highest BCUT2D eigenvalue weighted by atomic mass is 35.5. The number of halogens is 2. The summed E-state index contributed by atoms with van der Waals surface area (Å²) in [5, 5.41) is 9.27. The monoisotopic (exact) mass is 364 g/mol. The van der Waals surface area contributed by atoms with E-state index in [-0.39, 0.29) is 12.4 Å². The third-order valence-electron chi connectivity index (χ3n) is 3.21. The van der Waals surface area contributed by atoms with E-state index in [0.29, 0.717) is 21.8 Å². The number of hydrogen-bond donors (Lipinski definition) is 1. The molecule has 0 saturated carbocycles.